The Hall–Kier alpha value is -2.98. The molecular formula is C24H29N7O2S. The molecule has 0 atom stereocenters. The van der Waals surface area contributed by atoms with Gasteiger partial charge in [0.2, 0.25) is 10.0 Å². The number of nitrogens with two attached hydrogens (primary N) is 1. The van der Waals surface area contributed by atoms with E-state index in [2.05, 4.69) is 45.2 Å². The zero-order valence-electron chi connectivity index (χ0n) is 19.3. The fraction of sp³-hybridized carbons (Fsp3) is 0.458. The molecule has 0 amide bonds. The molecule has 4 heterocycles. The molecule has 34 heavy (non-hydrogen) atoms. The number of hydrogen-bond acceptors (Lipinski definition) is 6. The number of sulfonamides is 1. The molecule has 1 aliphatic heterocycles. The van der Waals surface area contributed by atoms with E-state index in [4.69, 9.17) is 10.8 Å². The lowest BCUT2D eigenvalue weighted by Crippen LogP contribution is -2.37. The van der Waals surface area contributed by atoms with Gasteiger partial charge < -0.3 is 5.73 Å². The summed E-state index contributed by atoms with van der Waals surface area (Å²) >= 11 is 0. The average molecular weight is 480 g/mol. The van der Waals surface area contributed by atoms with E-state index in [9.17, 15) is 8.42 Å². The highest BCUT2D eigenvalue weighted by Crippen LogP contribution is 2.37. The van der Waals surface area contributed by atoms with Crippen molar-refractivity contribution in [3.05, 3.63) is 42.5 Å². The molecule has 1 saturated carbocycles. The molecule has 2 aliphatic rings. The lowest BCUT2D eigenvalue weighted by Gasteiger charge is -2.29. The second-order valence-corrected chi connectivity index (χ2v) is 11.7. The minimum atomic E-state index is -3.17. The van der Waals surface area contributed by atoms with Crippen LogP contribution in [0, 0.1) is 5.92 Å². The van der Waals surface area contributed by atoms with Crippen LogP contribution in [0.1, 0.15) is 43.7 Å². The zero-order valence-corrected chi connectivity index (χ0v) is 20.1. The normalized spacial score (nSPS) is 18.6. The standard InChI is InChI=1S/C24H29N7O2S/c1-34(32,33)30-9-7-17(8-10-30)22-12-20(23-24(25)26-15-27-31(22)23)18-5-6-19-14-29(28-21(19)11-18)13-16-3-2-4-16/h5-6,11-12,14-17H,2-4,7-10,13H2,1H3,(H2,25,26,27). The predicted molar refractivity (Wildman–Crippen MR) is 132 cm³/mol. The van der Waals surface area contributed by atoms with Crippen LogP contribution in [0.4, 0.5) is 5.82 Å². The van der Waals surface area contributed by atoms with Gasteiger partial charge in [0.25, 0.3) is 0 Å². The third kappa shape index (κ3) is 3.74. The summed E-state index contributed by atoms with van der Waals surface area (Å²) < 4.78 is 29.4. The summed E-state index contributed by atoms with van der Waals surface area (Å²) in [6.07, 6.45) is 10.3. The minimum absolute atomic E-state index is 0.193. The van der Waals surface area contributed by atoms with E-state index in [1.807, 2.05) is 4.52 Å². The fourth-order valence-corrected chi connectivity index (χ4v) is 6.23. The summed E-state index contributed by atoms with van der Waals surface area (Å²) in [5.41, 5.74) is 11.1. The number of nitrogens with zero attached hydrogens (tertiary/aromatic N) is 6. The molecule has 0 spiro atoms. The van der Waals surface area contributed by atoms with Crippen molar-refractivity contribution in [2.75, 3.05) is 25.1 Å². The van der Waals surface area contributed by atoms with Gasteiger partial charge in [-0.25, -0.2) is 22.2 Å². The van der Waals surface area contributed by atoms with Crippen LogP contribution >= 0.6 is 0 Å². The third-order valence-corrected chi connectivity index (χ3v) is 8.79. The highest BCUT2D eigenvalue weighted by Gasteiger charge is 2.29. The minimum Gasteiger partial charge on any atom is -0.382 e. The molecule has 1 saturated heterocycles. The van der Waals surface area contributed by atoms with Gasteiger partial charge in [-0.3, -0.25) is 4.68 Å². The second kappa shape index (κ2) is 8.06. The van der Waals surface area contributed by atoms with Gasteiger partial charge in [-0.1, -0.05) is 18.6 Å². The van der Waals surface area contributed by atoms with E-state index >= 15 is 0 Å². The summed E-state index contributed by atoms with van der Waals surface area (Å²) in [6, 6.07) is 8.48. The summed E-state index contributed by atoms with van der Waals surface area (Å²) in [6.45, 7) is 2.00. The molecule has 2 fully saturated rings. The van der Waals surface area contributed by atoms with Crippen LogP contribution in [-0.4, -0.2) is 56.4 Å². The van der Waals surface area contributed by atoms with E-state index in [1.54, 1.807) is 4.31 Å². The van der Waals surface area contributed by atoms with Crippen molar-refractivity contribution in [3.63, 3.8) is 0 Å². The number of rotatable bonds is 5. The van der Waals surface area contributed by atoms with E-state index < -0.39 is 10.0 Å². The van der Waals surface area contributed by atoms with E-state index in [-0.39, 0.29) is 5.92 Å². The largest absolute Gasteiger partial charge is 0.382 e. The van der Waals surface area contributed by atoms with E-state index in [0.717, 1.165) is 58.5 Å². The van der Waals surface area contributed by atoms with Crippen LogP contribution in [0.5, 0.6) is 0 Å². The number of fused-ring (bicyclic) bond motifs is 2. The maximum atomic E-state index is 11.9. The van der Waals surface area contributed by atoms with Crippen molar-refractivity contribution in [2.45, 2.75) is 44.6 Å². The van der Waals surface area contributed by atoms with Gasteiger partial charge in [0, 0.05) is 48.4 Å². The smallest absolute Gasteiger partial charge is 0.211 e. The van der Waals surface area contributed by atoms with Crippen molar-refractivity contribution in [1.82, 2.24) is 28.7 Å². The van der Waals surface area contributed by atoms with Crippen molar-refractivity contribution < 1.29 is 8.42 Å². The Kier molecular flexibility index (Phi) is 5.11. The molecule has 1 aromatic carbocycles. The Labute approximate surface area is 198 Å². The first-order valence-corrected chi connectivity index (χ1v) is 13.8. The monoisotopic (exact) mass is 479 g/mol. The summed E-state index contributed by atoms with van der Waals surface area (Å²) in [7, 11) is -3.17. The second-order valence-electron chi connectivity index (χ2n) is 9.75. The van der Waals surface area contributed by atoms with Gasteiger partial charge in [0.05, 0.1) is 11.8 Å². The number of benzene rings is 1. The lowest BCUT2D eigenvalue weighted by molar-refractivity contribution is 0.267. The highest BCUT2D eigenvalue weighted by atomic mass is 32.2. The van der Waals surface area contributed by atoms with Crippen LogP contribution in [0.3, 0.4) is 0 Å². The Bertz CT molecular complexity index is 1480. The topological polar surface area (TPSA) is 111 Å². The van der Waals surface area contributed by atoms with Crippen molar-refractivity contribution in [1.29, 1.82) is 0 Å². The van der Waals surface area contributed by atoms with Crippen LogP contribution < -0.4 is 5.73 Å². The molecule has 2 N–H and O–H groups in total. The summed E-state index contributed by atoms with van der Waals surface area (Å²) in [5, 5.41) is 10.5. The number of anilines is 1. The number of aromatic nitrogens is 5. The molecule has 4 aromatic rings. The molecule has 10 heteroatoms. The molecule has 6 rings (SSSR count). The quantitative estimate of drug-likeness (QED) is 0.470. The van der Waals surface area contributed by atoms with Crippen LogP contribution in [0.15, 0.2) is 36.8 Å². The van der Waals surface area contributed by atoms with Crippen molar-refractivity contribution >= 4 is 32.3 Å². The Morgan fingerprint density at radius 2 is 1.91 bits per heavy atom. The first kappa shape index (κ1) is 21.5. The van der Waals surface area contributed by atoms with Crippen LogP contribution in [0.25, 0.3) is 27.5 Å². The van der Waals surface area contributed by atoms with E-state index in [0.29, 0.717) is 18.9 Å². The number of nitrogen functional groups attached to an aromatic ring is 1. The van der Waals surface area contributed by atoms with Crippen LogP contribution in [-0.2, 0) is 16.6 Å². The van der Waals surface area contributed by atoms with Gasteiger partial charge in [0.15, 0.2) is 5.82 Å². The Morgan fingerprint density at radius 3 is 2.62 bits per heavy atom. The summed E-state index contributed by atoms with van der Waals surface area (Å²) in [4.78, 5) is 4.25. The van der Waals surface area contributed by atoms with Crippen LogP contribution in [0.2, 0.25) is 0 Å². The molecule has 9 nitrogen and oxygen atoms in total. The first-order valence-electron chi connectivity index (χ1n) is 11.9. The first-order chi connectivity index (χ1) is 16.4. The molecule has 0 bridgehead atoms. The Balaban J connectivity index is 1.37. The lowest BCUT2D eigenvalue weighted by atomic mass is 9.85. The Morgan fingerprint density at radius 1 is 1.12 bits per heavy atom. The molecule has 3 aromatic heterocycles. The van der Waals surface area contributed by atoms with E-state index in [1.165, 1.54) is 31.8 Å². The molecule has 1 aliphatic carbocycles. The number of piperidine rings is 1. The molecule has 0 radical (unpaired) electrons. The molecule has 0 unspecified atom stereocenters. The predicted octanol–water partition coefficient (Wildman–Crippen LogP) is 3.27. The molecular weight excluding hydrogens is 450 g/mol. The zero-order chi connectivity index (χ0) is 23.4. The van der Waals surface area contributed by atoms with Gasteiger partial charge in [-0.05, 0) is 49.3 Å². The maximum Gasteiger partial charge on any atom is 0.211 e. The number of hydrogen-bond donors (Lipinski definition) is 1. The summed E-state index contributed by atoms with van der Waals surface area (Å²) in [5.74, 6) is 1.37. The SMILES string of the molecule is CS(=O)(=O)N1CCC(c2cc(-c3ccc4cn(CC5CCC5)nc4c3)c3c(N)ncnn23)CC1. The average Bonchev–Trinajstić information content (AvgIpc) is 3.37. The van der Waals surface area contributed by atoms with Crippen molar-refractivity contribution in [2.24, 2.45) is 5.92 Å². The molecule has 178 valence electrons. The third-order valence-electron chi connectivity index (χ3n) is 7.49. The van der Waals surface area contributed by atoms with Gasteiger partial charge in [-0.15, -0.1) is 0 Å². The fourth-order valence-electron chi connectivity index (χ4n) is 5.35. The van der Waals surface area contributed by atoms with Gasteiger partial charge in [0.1, 0.15) is 11.8 Å². The van der Waals surface area contributed by atoms with Crippen molar-refractivity contribution in [3.8, 4) is 11.1 Å². The highest BCUT2D eigenvalue weighted by molar-refractivity contribution is 7.88. The van der Waals surface area contributed by atoms with Gasteiger partial charge in [-0.2, -0.15) is 10.2 Å². The maximum absolute atomic E-state index is 11.9. The van der Waals surface area contributed by atoms with Gasteiger partial charge >= 0.3 is 0 Å².